The maximum atomic E-state index is 13.0. The number of aromatic nitrogens is 1. The zero-order chi connectivity index (χ0) is 31.5. The van der Waals surface area contributed by atoms with Gasteiger partial charge < -0.3 is 34.5 Å². The average Bonchev–Trinajstić information content (AvgIpc) is 3.55. The van der Waals surface area contributed by atoms with Crippen LogP contribution in [0.2, 0.25) is 0 Å². The number of hydrogen-bond acceptors (Lipinski definition) is 11. The molecule has 0 bridgehead atoms. The summed E-state index contributed by atoms with van der Waals surface area (Å²) >= 11 is 3.11. The number of hydrogen-bond donors (Lipinski definition) is 2. The number of thiophene rings is 1. The molecule has 44 heavy (non-hydrogen) atoms. The summed E-state index contributed by atoms with van der Waals surface area (Å²) in [5.41, 5.74) is 2.43. The van der Waals surface area contributed by atoms with Crippen LogP contribution in [0.3, 0.4) is 0 Å². The van der Waals surface area contributed by atoms with Crippen molar-refractivity contribution in [2.75, 3.05) is 58.0 Å². The zero-order valence-corrected chi connectivity index (χ0v) is 27.5. The van der Waals surface area contributed by atoms with Gasteiger partial charge in [0.25, 0.3) is 0 Å². The van der Waals surface area contributed by atoms with Gasteiger partial charge in [0.2, 0.25) is 5.91 Å². The van der Waals surface area contributed by atoms with E-state index in [1.165, 1.54) is 11.3 Å². The first-order chi connectivity index (χ1) is 21.1. The predicted octanol–water partition coefficient (Wildman–Crippen LogP) is 5.22. The highest BCUT2D eigenvalue weighted by Gasteiger charge is 2.31. The van der Waals surface area contributed by atoms with Crippen molar-refractivity contribution in [2.24, 2.45) is 0 Å². The lowest BCUT2D eigenvalue weighted by Crippen LogP contribution is -2.39. The SMILES string of the molecule is CCOC(=O)CCOCCOCCNCCC(=O)Nc1sc2c(c1-c1nc3ccccc3s1)CCN(C(=O)OC(C)(C)C)C2. The predicted molar refractivity (Wildman–Crippen MR) is 172 cm³/mol. The number of para-hydroxylation sites is 1. The standard InChI is InChI=1S/C31H42N4O7S2/c1-5-41-26(37)12-16-39-18-19-40-17-14-32-13-10-25(36)34-29-27(28-33-22-8-6-7-9-23(22)43-28)21-11-15-35(20-24(21)44-29)30(38)42-31(2,3)4/h6-9,32H,5,10-20H2,1-4H3,(H,34,36). The van der Waals surface area contributed by atoms with E-state index in [-0.39, 0.29) is 24.4 Å². The minimum absolute atomic E-state index is 0.0987. The lowest BCUT2D eigenvalue weighted by atomic mass is 10.0. The first-order valence-electron chi connectivity index (χ1n) is 14.9. The average molecular weight is 647 g/mol. The molecule has 0 saturated heterocycles. The Morgan fingerprint density at radius 2 is 1.77 bits per heavy atom. The van der Waals surface area contributed by atoms with Crippen LogP contribution in [0.25, 0.3) is 20.8 Å². The Bertz CT molecular complexity index is 1380. The van der Waals surface area contributed by atoms with E-state index in [0.717, 1.165) is 36.2 Å². The fraction of sp³-hybridized carbons (Fsp3) is 0.548. The largest absolute Gasteiger partial charge is 0.466 e. The van der Waals surface area contributed by atoms with Crippen LogP contribution in [0.15, 0.2) is 24.3 Å². The maximum absolute atomic E-state index is 13.0. The number of carbonyl (C=O) groups is 3. The van der Waals surface area contributed by atoms with Gasteiger partial charge in [0.1, 0.15) is 15.6 Å². The minimum atomic E-state index is -0.570. The number of thiazole rings is 1. The monoisotopic (exact) mass is 646 g/mol. The first kappa shape index (κ1) is 33.8. The van der Waals surface area contributed by atoms with Gasteiger partial charge in [-0.25, -0.2) is 9.78 Å². The van der Waals surface area contributed by atoms with Crippen molar-refractivity contribution < 1.29 is 33.3 Å². The van der Waals surface area contributed by atoms with Crippen LogP contribution in [0.4, 0.5) is 9.80 Å². The van der Waals surface area contributed by atoms with Crippen molar-refractivity contribution in [3.63, 3.8) is 0 Å². The van der Waals surface area contributed by atoms with Crippen LogP contribution in [0, 0.1) is 0 Å². The summed E-state index contributed by atoms with van der Waals surface area (Å²) in [6, 6.07) is 8.00. The molecule has 1 aromatic carbocycles. The Morgan fingerprint density at radius 1 is 1.00 bits per heavy atom. The topological polar surface area (TPSA) is 128 Å². The van der Waals surface area contributed by atoms with Crippen molar-refractivity contribution >= 4 is 55.9 Å². The molecule has 0 fully saturated rings. The van der Waals surface area contributed by atoms with Gasteiger partial charge in [0.05, 0.1) is 56.2 Å². The van der Waals surface area contributed by atoms with Gasteiger partial charge >= 0.3 is 12.1 Å². The van der Waals surface area contributed by atoms with E-state index in [1.54, 1.807) is 23.2 Å². The third-order valence-electron chi connectivity index (χ3n) is 6.55. The molecule has 13 heteroatoms. The molecular formula is C31H42N4O7S2. The first-order valence-corrected chi connectivity index (χ1v) is 16.6. The number of ether oxygens (including phenoxy) is 4. The fourth-order valence-electron chi connectivity index (χ4n) is 4.55. The molecule has 0 saturated carbocycles. The highest BCUT2D eigenvalue weighted by atomic mass is 32.1. The number of amides is 2. The molecule has 2 N–H and O–H groups in total. The second-order valence-electron chi connectivity index (χ2n) is 11.2. The van der Waals surface area contributed by atoms with Crippen LogP contribution in [-0.2, 0) is 41.5 Å². The van der Waals surface area contributed by atoms with Crippen molar-refractivity contribution in [1.29, 1.82) is 0 Å². The number of esters is 1. The summed E-state index contributed by atoms with van der Waals surface area (Å²) in [5, 5.41) is 7.99. The van der Waals surface area contributed by atoms with E-state index in [0.29, 0.717) is 72.1 Å². The van der Waals surface area contributed by atoms with Crippen LogP contribution >= 0.6 is 22.7 Å². The Balaban J connectivity index is 1.29. The summed E-state index contributed by atoms with van der Waals surface area (Å²) in [7, 11) is 0. The molecule has 2 amide bonds. The number of rotatable bonds is 15. The van der Waals surface area contributed by atoms with E-state index >= 15 is 0 Å². The van der Waals surface area contributed by atoms with E-state index in [4.69, 9.17) is 23.9 Å². The molecular weight excluding hydrogens is 604 g/mol. The minimum Gasteiger partial charge on any atom is -0.466 e. The normalized spacial score (nSPS) is 13.1. The van der Waals surface area contributed by atoms with Crippen LogP contribution in [0.1, 0.15) is 51.0 Å². The molecule has 0 unspecified atom stereocenters. The second kappa shape index (κ2) is 16.3. The van der Waals surface area contributed by atoms with Gasteiger partial charge in [0, 0.05) is 36.5 Å². The molecule has 1 aliphatic rings. The summed E-state index contributed by atoms with van der Waals surface area (Å²) in [5.74, 6) is -0.364. The summed E-state index contributed by atoms with van der Waals surface area (Å²) in [6.07, 6.45) is 0.853. The number of nitrogens with one attached hydrogen (secondary N) is 2. The third-order valence-corrected chi connectivity index (χ3v) is 8.74. The molecule has 3 heterocycles. The van der Waals surface area contributed by atoms with Gasteiger partial charge in [-0.3, -0.25) is 9.59 Å². The van der Waals surface area contributed by atoms with Gasteiger partial charge in [-0.1, -0.05) is 12.1 Å². The Morgan fingerprint density at radius 3 is 2.52 bits per heavy atom. The summed E-state index contributed by atoms with van der Waals surface area (Å²) < 4.78 is 22.4. The Labute approximate surface area is 266 Å². The smallest absolute Gasteiger partial charge is 0.410 e. The summed E-state index contributed by atoms with van der Waals surface area (Å²) in [4.78, 5) is 44.7. The van der Waals surface area contributed by atoms with E-state index in [9.17, 15) is 14.4 Å². The molecule has 240 valence electrons. The van der Waals surface area contributed by atoms with Crippen molar-refractivity contribution in [1.82, 2.24) is 15.2 Å². The number of fused-ring (bicyclic) bond motifs is 2. The third kappa shape index (κ3) is 9.96. The van der Waals surface area contributed by atoms with Gasteiger partial charge in [-0.05, 0) is 51.8 Å². The second-order valence-corrected chi connectivity index (χ2v) is 13.3. The number of carbonyl (C=O) groups excluding carboxylic acids is 3. The van der Waals surface area contributed by atoms with E-state index < -0.39 is 5.60 Å². The number of anilines is 1. The number of nitrogens with zero attached hydrogens (tertiary/aromatic N) is 2. The highest BCUT2D eigenvalue weighted by Crippen LogP contribution is 2.45. The maximum Gasteiger partial charge on any atom is 0.410 e. The van der Waals surface area contributed by atoms with Crippen molar-refractivity contribution in [2.45, 2.75) is 59.1 Å². The molecule has 0 aliphatic carbocycles. The lowest BCUT2D eigenvalue weighted by Gasteiger charge is -2.30. The number of benzene rings is 1. The van der Waals surface area contributed by atoms with Crippen molar-refractivity contribution in [3.05, 3.63) is 34.7 Å². The zero-order valence-electron chi connectivity index (χ0n) is 25.9. The molecule has 0 radical (unpaired) electrons. The van der Waals surface area contributed by atoms with Crippen LogP contribution in [-0.4, -0.2) is 86.1 Å². The highest BCUT2D eigenvalue weighted by molar-refractivity contribution is 7.22. The Kier molecular flexibility index (Phi) is 12.5. The summed E-state index contributed by atoms with van der Waals surface area (Å²) in [6.45, 7) is 11.4. The molecule has 0 atom stereocenters. The van der Waals surface area contributed by atoms with Gasteiger partial charge in [-0.2, -0.15) is 0 Å². The quantitative estimate of drug-likeness (QED) is 0.169. The van der Waals surface area contributed by atoms with Crippen LogP contribution < -0.4 is 10.6 Å². The van der Waals surface area contributed by atoms with Gasteiger partial charge in [-0.15, -0.1) is 22.7 Å². The molecule has 0 spiro atoms. The van der Waals surface area contributed by atoms with E-state index in [2.05, 4.69) is 10.6 Å². The fourth-order valence-corrected chi connectivity index (χ4v) is 6.94. The van der Waals surface area contributed by atoms with Crippen molar-refractivity contribution in [3.8, 4) is 10.6 Å². The molecule has 3 aromatic rings. The van der Waals surface area contributed by atoms with Gasteiger partial charge in [0.15, 0.2) is 0 Å². The lowest BCUT2D eigenvalue weighted by molar-refractivity contribution is -0.144. The molecule has 4 rings (SSSR count). The van der Waals surface area contributed by atoms with E-state index in [1.807, 2.05) is 45.0 Å². The molecule has 11 nitrogen and oxygen atoms in total. The molecule has 2 aromatic heterocycles. The Hall–Kier alpha value is -3.10. The van der Waals surface area contributed by atoms with Crippen LogP contribution in [0.5, 0.6) is 0 Å². The molecule has 1 aliphatic heterocycles.